The highest BCUT2D eigenvalue weighted by atomic mass is 19.4. The fourth-order valence-electron chi connectivity index (χ4n) is 5.91. The zero-order valence-corrected chi connectivity index (χ0v) is 31.3. The Balaban J connectivity index is 0.000000297. The van der Waals surface area contributed by atoms with Crippen LogP contribution in [0.5, 0.6) is 5.75 Å². The summed E-state index contributed by atoms with van der Waals surface area (Å²) in [6.07, 6.45) is -3.56. The van der Waals surface area contributed by atoms with E-state index in [1.165, 1.54) is 39.9 Å². The summed E-state index contributed by atoms with van der Waals surface area (Å²) in [7, 11) is 4.20. The Kier molecular flexibility index (Phi) is 15.9. The van der Waals surface area contributed by atoms with Crippen molar-refractivity contribution in [2.75, 3.05) is 45.7 Å². The van der Waals surface area contributed by atoms with Crippen molar-refractivity contribution in [2.45, 2.75) is 60.2 Å². The van der Waals surface area contributed by atoms with Crippen molar-refractivity contribution in [1.82, 2.24) is 9.80 Å². The van der Waals surface area contributed by atoms with E-state index in [4.69, 9.17) is 4.74 Å². The van der Waals surface area contributed by atoms with Gasteiger partial charge in [-0.05, 0) is 80.9 Å². The molecule has 1 heterocycles. The van der Waals surface area contributed by atoms with Gasteiger partial charge in [-0.15, -0.1) is 0 Å². The molecule has 1 aliphatic rings. The van der Waals surface area contributed by atoms with Crippen molar-refractivity contribution in [1.29, 1.82) is 0 Å². The van der Waals surface area contributed by atoms with Crippen LogP contribution in [-0.4, -0.2) is 67.1 Å². The molecule has 4 aromatic rings. The largest absolute Gasteiger partial charge is 0.490 e. The van der Waals surface area contributed by atoms with Gasteiger partial charge in [-0.25, -0.2) is 0 Å². The van der Waals surface area contributed by atoms with E-state index in [-0.39, 0.29) is 42.7 Å². The Morgan fingerprint density at radius 3 is 2.08 bits per heavy atom. The number of β-amino-alcohol motifs (C(OH)–C–C–N with tert-alkyl or cyclic N) is 1. The summed E-state index contributed by atoms with van der Waals surface area (Å²) in [5.41, 5.74) is 7.06. The Labute approximate surface area is 306 Å². The number of nitrogens with one attached hydrogen (secondary N) is 1. The van der Waals surface area contributed by atoms with Crippen molar-refractivity contribution in [2.24, 2.45) is 5.92 Å². The summed E-state index contributed by atoms with van der Waals surface area (Å²) < 4.78 is 43.9. The molecule has 0 aliphatic carbocycles. The predicted molar refractivity (Wildman–Crippen MR) is 202 cm³/mol. The van der Waals surface area contributed by atoms with Gasteiger partial charge in [-0.3, -0.25) is 9.59 Å². The number of halogens is 3. The Morgan fingerprint density at radius 1 is 0.904 bits per heavy atom. The molecule has 4 aromatic carbocycles. The van der Waals surface area contributed by atoms with Gasteiger partial charge in [0.2, 0.25) is 5.91 Å². The zero-order chi connectivity index (χ0) is 38.4. The maximum absolute atomic E-state index is 12.9. The van der Waals surface area contributed by atoms with Crippen molar-refractivity contribution >= 4 is 17.5 Å². The fraction of sp³-hybridized carbons (Fsp3) is 0.381. The third-order valence-corrected chi connectivity index (χ3v) is 8.08. The van der Waals surface area contributed by atoms with Crippen LogP contribution in [0.3, 0.4) is 0 Å². The van der Waals surface area contributed by atoms with Gasteiger partial charge in [0.15, 0.2) is 5.75 Å². The molecule has 52 heavy (non-hydrogen) atoms. The minimum absolute atomic E-state index is 0.0135. The van der Waals surface area contributed by atoms with E-state index in [2.05, 4.69) is 80.6 Å². The summed E-state index contributed by atoms with van der Waals surface area (Å²) in [5.74, 6) is -0.511. The number of para-hydroxylation sites is 1. The number of anilines is 1. The van der Waals surface area contributed by atoms with E-state index in [9.17, 15) is 27.9 Å². The predicted octanol–water partition coefficient (Wildman–Crippen LogP) is 8.33. The topological polar surface area (TPSA) is 82.1 Å². The summed E-state index contributed by atoms with van der Waals surface area (Å²) in [6, 6.07) is 24.9. The first kappa shape index (κ1) is 41.7. The molecule has 1 atom stereocenters. The molecule has 7 nitrogen and oxygen atoms in total. The summed E-state index contributed by atoms with van der Waals surface area (Å²) in [6.45, 7) is 12.0. The normalized spacial score (nSPS) is 14.1. The number of carbonyl (C=O) groups is 2. The third kappa shape index (κ3) is 12.8. The Morgan fingerprint density at radius 2 is 1.50 bits per heavy atom. The highest BCUT2D eigenvalue weighted by molar-refractivity contribution is 6.01. The lowest BCUT2D eigenvalue weighted by molar-refractivity contribution is -0.137. The first-order valence-corrected chi connectivity index (χ1v) is 17.6. The van der Waals surface area contributed by atoms with Crippen LogP contribution in [0.4, 0.5) is 18.9 Å². The molecule has 280 valence electrons. The van der Waals surface area contributed by atoms with E-state index in [1.807, 2.05) is 20.8 Å². The van der Waals surface area contributed by atoms with Gasteiger partial charge in [-0.2, -0.15) is 13.2 Å². The standard InChI is InChI=1S/C22H23F3N2O4.C18H23N.C2H6/c1-14-12-27(9-10-28)21(30)17-3-2-4-18(20(17)31-13-14)26-19(29)11-15-5-7-16(8-6-15)22(23,24)25;1-14-9-15(2)11-18(10-14)12-16-5-7-17(8-6-16)13-19(3)4;1-2/h2-8,14,28H,9-13H2,1H3,(H,26,29);5-11H,12-13H2,1-4H3;1-2H3/t14-;;/m1../s1. The van der Waals surface area contributed by atoms with Gasteiger partial charge in [0, 0.05) is 25.6 Å². The van der Waals surface area contributed by atoms with Gasteiger partial charge < -0.3 is 25.0 Å². The monoisotopic (exact) mass is 719 g/mol. The smallest absolute Gasteiger partial charge is 0.416 e. The number of alkyl halides is 3. The number of fused-ring (bicyclic) bond motifs is 1. The molecule has 5 rings (SSSR count). The van der Waals surface area contributed by atoms with Crippen LogP contribution in [0.25, 0.3) is 0 Å². The van der Waals surface area contributed by atoms with Crippen LogP contribution in [0, 0.1) is 19.8 Å². The second-order valence-corrected chi connectivity index (χ2v) is 13.2. The van der Waals surface area contributed by atoms with E-state index < -0.39 is 17.6 Å². The number of benzene rings is 4. The first-order chi connectivity index (χ1) is 24.7. The number of hydrogen-bond acceptors (Lipinski definition) is 5. The third-order valence-electron chi connectivity index (χ3n) is 8.08. The molecule has 0 spiro atoms. The van der Waals surface area contributed by atoms with Crippen LogP contribution in [0.2, 0.25) is 0 Å². The molecular weight excluding hydrogens is 667 g/mol. The van der Waals surface area contributed by atoms with Gasteiger partial charge in [0.25, 0.3) is 5.91 Å². The second kappa shape index (κ2) is 19.8. The number of amides is 2. The SMILES string of the molecule is CC.C[C@H]1COc2c(NC(=O)Cc3ccc(C(F)(F)F)cc3)cccc2C(=O)N(CCO)C1.Cc1cc(C)cc(Cc2ccc(CN(C)C)cc2)c1. The molecule has 1 aliphatic heterocycles. The number of hydrogen-bond donors (Lipinski definition) is 2. The second-order valence-electron chi connectivity index (χ2n) is 13.2. The minimum atomic E-state index is -4.44. The molecule has 2 N–H and O–H groups in total. The number of aryl methyl sites for hydroxylation is 2. The van der Waals surface area contributed by atoms with Crippen molar-refractivity contribution < 1.29 is 32.6 Å². The van der Waals surface area contributed by atoms with Crippen LogP contribution < -0.4 is 10.1 Å². The molecule has 0 aromatic heterocycles. The summed E-state index contributed by atoms with van der Waals surface area (Å²) in [4.78, 5) is 29.1. The van der Waals surface area contributed by atoms with E-state index in [0.717, 1.165) is 25.1 Å². The molecule has 0 radical (unpaired) electrons. The van der Waals surface area contributed by atoms with Crippen molar-refractivity contribution in [3.8, 4) is 5.75 Å². The highest BCUT2D eigenvalue weighted by Gasteiger charge is 2.30. The quantitative estimate of drug-likeness (QED) is 0.182. The number of nitrogens with zero attached hydrogens (tertiary/aromatic N) is 2. The highest BCUT2D eigenvalue weighted by Crippen LogP contribution is 2.33. The van der Waals surface area contributed by atoms with Crippen LogP contribution >= 0.6 is 0 Å². The lowest BCUT2D eigenvalue weighted by atomic mass is 10.00. The average molecular weight is 720 g/mol. The Hall–Kier alpha value is -4.67. The maximum Gasteiger partial charge on any atom is 0.416 e. The van der Waals surface area contributed by atoms with Gasteiger partial charge >= 0.3 is 6.18 Å². The first-order valence-electron chi connectivity index (χ1n) is 17.6. The molecule has 0 saturated carbocycles. The van der Waals surface area contributed by atoms with Crippen LogP contribution in [0.15, 0.2) is 84.9 Å². The summed E-state index contributed by atoms with van der Waals surface area (Å²) in [5, 5.41) is 12.0. The van der Waals surface area contributed by atoms with Crippen LogP contribution in [-0.2, 0) is 30.4 Å². The number of carbonyl (C=O) groups excluding carboxylic acids is 2. The molecule has 10 heteroatoms. The lowest BCUT2D eigenvalue weighted by Gasteiger charge is -2.30. The molecular formula is C42H52F3N3O4. The van der Waals surface area contributed by atoms with E-state index in [0.29, 0.717) is 24.4 Å². The van der Waals surface area contributed by atoms with E-state index >= 15 is 0 Å². The van der Waals surface area contributed by atoms with Crippen molar-refractivity contribution in [3.05, 3.63) is 129 Å². The summed E-state index contributed by atoms with van der Waals surface area (Å²) >= 11 is 0. The fourth-order valence-corrected chi connectivity index (χ4v) is 5.91. The number of aliphatic hydroxyl groups excluding tert-OH is 1. The molecule has 0 fully saturated rings. The van der Waals surface area contributed by atoms with Crippen LogP contribution in [0.1, 0.15) is 70.1 Å². The van der Waals surface area contributed by atoms with Crippen molar-refractivity contribution in [3.63, 3.8) is 0 Å². The van der Waals surface area contributed by atoms with Gasteiger partial charge in [0.05, 0.1) is 36.4 Å². The molecule has 0 bridgehead atoms. The molecule has 2 amide bonds. The molecule has 0 unspecified atom stereocenters. The van der Waals surface area contributed by atoms with E-state index in [1.54, 1.807) is 23.1 Å². The number of aliphatic hydroxyl groups is 1. The Bertz CT molecular complexity index is 1720. The lowest BCUT2D eigenvalue weighted by Crippen LogP contribution is -2.40. The zero-order valence-electron chi connectivity index (χ0n) is 31.3. The average Bonchev–Trinajstić information content (AvgIpc) is 3.08. The minimum Gasteiger partial charge on any atom is -0.490 e. The number of ether oxygens (including phenoxy) is 1. The van der Waals surface area contributed by atoms with Gasteiger partial charge in [-0.1, -0.05) is 92.6 Å². The number of rotatable bonds is 9. The maximum atomic E-state index is 12.9. The molecule has 0 saturated heterocycles. The van der Waals surface area contributed by atoms with Gasteiger partial charge in [0.1, 0.15) is 0 Å².